The average molecular weight is 456 g/mol. The molecule has 2 aromatic heterocycles. The van der Waals surface area contributed by atoms with Gasteiger partial charge >= 0.3 is 0 Å². The zero-order valence-corrected chi connectivity index (χ0v) is 19.7. The number of aromatic nitrogens is 3. The predicted octanol–water partition coefficient (Wildman–Crippen LogP) is 4.59. The number of carbonyl (C=O) groups excluding carboxylic acids is 1. The number of halogens is 1. The first-order valence-corrected chi connectivity index (χ1v) is 11.0. The summed E-state index contributed by atoms with van der Waals surface area (Å²) in [6, 6.07) is 10.5. The van der Waals surface area contributed by atoms with Crippen LogP contribution in [0.3, 0.4) is 0 Å². The van der Waals surface area contributed by atoms with Gasteiger partial charge in [-0.3, -0.25) is 14.5 Å². The minimum atomic E-state index is -0.299. The van der Waals surface area contributed by atoms with Gasteiger partial charge in [0.1, 0.15) is 5.75 Å². The molecule has 1 aromatic carbocycles. The van der Waals surface area contributed by atoms with E-state index in [2.05, 4.69) is 29.2 Å². The summed E-state index contributed by atoms with van der Waals surface area (Å²) in [7, 11) is 3.96. The molecular weight excluding hydrogens is 426 g/mol. The summed E-state index contributed by atoms with van der Waals surface area (Å²) in [5.74, 6) is 0.364. The quantitative estimate of drug-likeness (QED) is 0.493. The molecular formula is C24H30ClN5O2. The number of rotatable bonds is 9. The predicted molar refractivity (Wildman–Crippen MR) is 127 cm³/mol. The van der Waals surface area contributed by atoms with E-state index < -0.39 is 0 Å². The van der Waals surface area contributed by atoms with E-state index in [0.717, 1.165) is 30.8 Å². The molecule has 1 amide bonds. The molecule has 7 nitrogen and oxygen atoms in total. The van der Waals surface area contributed by atoms with E-state index in [9.17, 15) is 9.90 Å². The number of aromatic hydroxyl groups is 1. The molecule has 0 aliphatic carbocycles. The van der Waals surface area contributed by atoms with E-state index in [1.807, 2.05) is 37.2 Å². The van der Waals surface area contributed by atoms with Crippen LogP contribution in [0.25, 0.3) is 0 Å². The van der Waals surface area contributed by atoms with Crippen LogP contribution in [0.4, 0.5) is 5.69 Å². The van der Waals surface area contributed by atoms with Gasteiger partial charge in [0.25, 0.3) is 5.91 Å². The third-order valence-corrected chi connectivity index (χ3v) is 5.23. The van der Waals surface area contributed by atoms with E-state index in [0.29, 0.717) is 34.4 Å². The second kappa shape index (κ2) is 10.6. The van der Waals surface area contributed by atoms with Gasteiger partial charge in [-0.05, 0) is 69.3 Å². The van der Waals surface area contributed by atoms with E-state index in [-0.39, 0.29) is 11.7 Å². The lowest BCUT2D eigenvalue weighted by Crippen LogP contribution is -2.15. The maximum atomic E-state index is 12.9. The summed E-state index contributed by atoms with van der Waals surface area (Å²) < 4.78 is 1.76. The van der Waals surface area contributed by atoms with Gasteiger partial charge in [-0.1, -0.05) is 25.4 Å². The minimum absolute atomic E-state index is 0.148. The van der Waals surface area contributed by atoms with Crippen molar-refractivity contribution >= 4 is 23.2 Å². The van der Waals surface area contributed by atoms with Crippen LogP contribution < -0.4 is 5.32 Å². The second-order valence-electron chi connectivity index (χ2n) is 8.61. The molecule has 2 heterocycles. The second-order valence-corrected chi connectivity index (χ2v) is 9.05. The molecule has 170 valence electrons. The number of nitrogens with one attached hydrogen (secondary N) is 1. The summed E-state index contributed by atoms with van der Waals surface area (Å²) in [5.41, 5.74) is 3.45. The molecule has 0 aliphatic heterocycles. The largest absolute Gasteiger partial charge is 0.508 e. The minimum Gasteiger partial charge on any atom is -0.508 e. The highest BCUT2D eigenvalue weighted by Crippen LogP contribution is 2.23. The standard InChI is InChI=1S/C24H30ClN5O2/c1-16(2)5-9-21-12-22(28-30(21)14-17-11-18(25)6-10-23(17)31)24(32)27-19-7-8-20(26-13-19)15-29(3)4/h6-8,10-13,16,31H,5,9,14-15H2,1-4H3,(H,27,32). The van der Waals surface area contributed by atoms with Gasteiger partial charge in [-0.25, -0.2) is 0 Å². The van der Waals surface area contributed by atoms with Gasteiger partial charge < -0.3 is 15.3 Å². The van der Waals surface area contributed by atoms with Crippen LogP contribution in [0.1, 0.15) is 47.7 Å². The highest BCUT2D eigenvalue weighted by atomic mass is 35.5. The van der Waals surface area contributed by atoms with Gasteiger partial charge in [0.2, 0.25) is 0 Å². The van der Waals surface area contributed by atoms with Gasteiger partial charge in [-0.2, -0.15) is 5.10 Å². The Balaban J connectivity index is 1.80. The molecule has 0 unspecified atom stereocenters. The summed E-state index contributed by atoms with van der Waals surface area (Å²) in [6.45, 7) is 5.37. The van der Waals surface area contributed by atoms with E-state index in [1.54, 1.807) is 29.1 Å². The molecule has 0 spiro atoms. The van der Waals surface area contributed by atoms with Crippen molar-refractivity contribution in [1.29, 1.82) is 0 Å². The number of hydrogen-bond acceptors (Lipinski definition) is 5. The fourth-order valence-corrected chi connectivity index (χ4v) is 3.49. The Labute approximate surface area is 194 Å². The van der Waals surface area contributed by atoms with Crippen LogP contribution in [-0.4, -0.2) is 44.8 Å². The number of nitrogens with zero attached hydrogens (tertiary/aromatic N) is 4. The third-order valence-electron chi connectivity index (χ3n) is 5.00. The van der Waals surface area contributed by atoms with Crippen LogP contribution in [0.5, 0.6) is 5.75 Å². The number of anilines is 1. The summed E-state index contributed by atoms with van der Waals surface area (Å²) >= 11 is 6.10. The SMILES string of the molecule is CC(C)CCc1cc(C(=O)Nc2ccc(CN(C)C)nc2)nn1Cc1cc(Cl)ccc1O. The van der Waals surface area contributed by atoms with Crippen molar-refractivity contribution in [3.63, 3.8) is 0 Å². The summed E-state index contributed by atoms with van der Waals surface area (Å²) in [6.07, 6.45) is 3.39. The number of hydrogen-bond donors (Lipinski definition) is 2. The molecule has 0 atom stereocenters. The number of benzene rings is 1. The van der Waals surface area contributed by atoms with E-state index >= 15 is 0 Å². The van der Waals surface area contributed by atoms with Crippen molar-refractivity contribution < 1.29 is 9.90 Å². The molecule has 0 radical (unpaired) electrons. The Hall–Kier alpha value is -2.90. The van der Waals surface area contributed by atoms with E-state index in [4.69, 9.17) is 11.6 Å². The molecule has 2 N–H and O–H groups in total. The van der Waals surface area contributed by atoms with Gasteiger partial charge in [0.05, 0.1) is 24.1 Å². The lowest BCUT2D eigenvalue weighted by Gasteiger charge is -2.10. The van der Waals surface area contributed by atoms with Crippen LogP contribution in [-0.2, 0) is 19.5 Å². The first-order valence-electron chi connectivity index (χ1n) is 10.7. The van der Waals surface area contributed by atoms with E-state index in [1.165, 1.54) is 0 Å². The number of carbonyl (C=O) groups is 1. The van der Waals surface area contributed by atoms with Gasteiger partial charge in [0, 0.05) is 22.8 Å². The molecule has 0 bridgehead atoms. The third kappa shape index (κ3) is 6.55. The molecule has 32 heavy (non-hydrogen) atoms. The number of aryl methyl sites for hydroxylation is 1. The Morgan fingerprint density at radius 2 is 2.00 bits per heavy atom. The van der Waals surface area contributed by atoms with Crippen molar-refractivity contribution in [3.8, 4) is 5.75 Å². The normalized spacial score (nSPS) is 11.3. The van der Waals surface area contributed by atoms with Gasteiger partial charge in [0.15, 0.2) is 5.69 Å². The van der Waals surface area contributed by atoms with Crippen molar-refractivity contribution in [1.82, 2.24) is 19.7 Å². The smallest absolute Gasteiger partial charge is 0.276 e. The summed E-state index contributed by atoms with van der Waals surface area (Å²) in [5, 5.41) is 18.1. The fourth-order valence-electron chi connectivity index (χ4n) is 3.29. The van der Waals surface area contributed by atoms with Crippen molar-refractivity contribution in [2.75, 3.05) is 19.4 Å². The van der Waals surface area contributed by atoms with Crippen LogP contribution in [0.2, 0.25) is 5.02 Å². The van der Waals surface area contributed by atoms with Crippen LogP contribution >= 0.6 is 11.6 Å². The molecule has 0 aliphatic rings. The number of amides is 1. The average Bonchev–Trinajstić information content (AvgIpc) is 3.13. The summed E-state index contributed by atoms with van der Waals surface area (Å²) in [4.78, 5) is 19.3. The Morgan fingerprint density at radius 3 is 2.66 bits per heavy atom. The van der Waals surface area contributed by atoms with Crippen molar-refractivity contribution in [2.24, 2.45) is 5.92 Å². The zero-order chi connectivity index (χ0) is 23.3. The lowest BCUT2D eigenvalue weighted by molar-refractivity contribution is 0.102. The highest BCUT2D eigenvalue weighted by Gasteiger charge is 2.17. The molecule has 0 saturated carbocycles. The highest BCUT2D eigenvalue weighted by molar-refractivity contribution is 6.30. The van der Waals surface area contributed by atoms with Crippen LogP contribution in [0, 0.1) is 5.92 Å². The molecule has 0 saturated heterocycles. The first kappa shape index (κ1) is 23.8. The number of phenols is 1. The Morgan fingerprint density at radius 1 is 1.22 bits per heavy atom. The number of phenolic OH excluding ortho intramolecular Hbond substituents is 1. The Bertz CT molecular complexity index is 1060. The Kier molecular flexibility index (Phi) is 7.88. The van der Waals surface area contributed by atoms with Crippen molar-refractivity contribution in [2.45, 2.75) is 39.8 Å². The topological polar surface area (TPSA) is 83.3 Å². The molecule has 8 heteroatoms. The maximum Gasteiger partial charge on any atom is 0.276 e. The monoisotopic (exact) mass is 455 g/mol. The van der Waals surface area contributed by atoms with Crippen LogP contribution in [0.15, 0.2) is 42.6 Å². The first-order chi connectivity index (χ1) is 15.2. The van der Waals surface area contributed by atoms with Gasteiger partial charge in [-0.15, -0.1) is 0 Å². The maximum absolute atomic E-state index is 12.9. The molecule has 0 fully saturated rings. The molecule has 3 rings (SSSR count). The van der Waals surface area contributed by atoms with Crippen molar-refractivity contribution in [3.05, 3.63) is 70.3 Å². The zero-order valence-electron chi connectivity index (χ0n) is 19.0. The molecule has 3 aromatic rings. The fraction of sp³-hybridized carbons (Fsp3) is 0.375. The lowest BCUT2D eigenvalue weighted by atomic mass is 10.1. The number of pyridine rings is 1.